The number of halogens is 1. The molecule has 21 heavy (non-hydrogen) atoms. The second-order valence-corrected chi connectivity index (χ2v) is 6.33. The van der Waals surface area contributed by atoms with E-state index in [1.165, 1.54) is 32.8 Å². The molecule has 1 aromatic carbocycles. The van der Waals surface area contributed by atoms with Crippen molar-refractivity contribution in [2.75, 3.05) is 13.7 Å². The first kappa shape index (κ1) is 16.3. The third kappa shape index (κ3) is 3.97. The Morgan fingerprint density at radius 1 is 1.38 bits per heavy atom. The van der Waals surface area contributed by atoms with Crippen molar-refractivity contribution >= 4 is 0 Å². The van der Waals surface area contributed by atoms with Gasteiger partial charge in [0.25, 0.3) is 0 Å². The molecule has 3 atom stereocenters. The Labute approximate surface area is 128 Å². The third-order valence-corrected chi connectivity index (χ3v) is 4.61. The van der Waals surface area contributed by atoms with E-state index in [0.717, 1.165) is 24.4 Å². The average molecular weight is 293 g/mol. The predicted molar refractivity (Wildman–Crippen MR) is 85.1 cm³/mol. The summed E-state index contributed by atoms with van der Waals surface area (Å²) in [6.45, 7) is 5.38. The first-order valence-corrected chi connectivity index (χ1v) is 8.23. The lowest BCUT2D eigenvalue weighted by molar-refractivity contribution is 0.220. The molecule has 0 spiro atoms. The number of hydrogen-bond donors (Lipinski definition) is 1. The molecule has 1 aliphatic rings. The van der Waals surface area contributed by atoms with E-state index < -0.39 is 0 Å². The van der Waals surface area contributed by atoms with Gasteiger partial charge in [-0.1, -0.05) is 38.8 Å². The fourth-order valence-electron chi connectivity index (χ4n) is 3.54. The Hall–Kier alpha value is -1.09. The second-order valence-electron chi connectivity index (χ2n) is 6.33. The molecule has 0 aromatic heterocycles. The Kier molecular flexibility index (Phi) is 6.04. The number of ether oxygens (including phenoxy) is 1. The van der Waals surface area contributed by atoms with E-state index in [9.17, 15) is 4.39 Å². The molecule has 0 amide bonds. The maximum Gasteiger partial charge on any atom is 0.169 e. The van der Waals surface area contributed by atoms with Crippen LogP contribution in [0.25, 0.3) is 0 Å². The average Bonchev–Trinajstić information content (AvgIpc) is 2.49. The van der Waals surface area contributed by atoms with Crippen molar-refractivity contribution in [1.29, 1.82) is 0 Å². The molecule has 1 aliphatic carbocycles. The fourth-order valence-corrected chi connectivity index (χ4v) is 3.54. The Bertz CT molecular complexity index is 449. The van der Waals surface area contributed by atoms with E-state index in [4.69, 9.17) is 4.74 Å². The van der Waals surface area contributed by atoms with E-state index in [2.05, 4.69) is 19.2 Å². The quantitative estimate of drug-likeness (QED) is 0.820. The SMILES string of the molecule is CCCNC(c1cccc(OC)c1F)C1CCCC(C)C1. The highest BCUT2D eigenvalue weighted by molar-refractivity contribution is 5.33. The molecule has 0 aliphatic heterocycles. The van der Waals surface area contributed by atoms with Crippen molar-refractivity contribution in [2.45, 2.75) is 52.0 Å². The van der Waals surface area contributed by atoms with Crippen molar-refractivity contribution in [3.05, 3.63) is 29.6 Å². The molecule has 1 saturated carbocycles. The summed E-state index contributed by atoms with van der Waals surface area (Å²) in [5, 5.41) is 3.57. The molecule has 3 heteroatoms. The lowest BCUT2D eigenvalue weighted by Gasteiger charge is -2.34. The van der Waals surface area contributed by atoms with Crippen molar-refractivity contribution in [2.24, 2.45) is 11.8 Å². The van der Waals surface area contributed by atoms with Crippen LogP contribution in [0, 0.1) is 17.7 Å². The Morgan fingerprint density at radius 3 is 2.86 bits per heavy atom. The maximum atomic E-state index is 14.6. The number of rotatable bonds is 6. The summed E-state index contributed by atoms with van der Waals surface area (Å²) >= 11 is 0. The van der Waals surface area contributed by atoms with Crippen LogP contribution in [0.3, 0.4) is 0 Å². The molecule has 1 fully saturated rings. The largest absolute Gasteiger partial charge is 0.494 e. The first-order valence-electron chi connectivity index (χ1n) is 8.23. The van der Waals surface area contributed by atoms with Gasteiger partial charge in [0.15, 0.2) is 11.6 Å². The molecular weight excluding hydrogens is 265 g/mol. The molecule has 0 heterocycles. The van der Waals surface area contributed by atoms with Gasteiger partial charge in [-0.05, 0) is 43.7 Å². The number of nitrogens with one attached hydrogen (secondary N) is 1. The van der Waals surface area contributed by atoms with Crippen molar-refractivity contribution < 1.29 is 9.13 Å². The van der Waals surface area contributed by atoms with Crippen LogP contribution >= 0.6 is 0 Å². The van der Waals surface area contributed by atoms with Gasteiger partial charge in [0, 0.05) is 11.6 Å². The van der Waals surface area contributed by atoms with Gasteiger partial charge in [0.05, 0.1) is 7.11 Å². The standard InChI is InChI=1S/C18H28FNO/c1-4-11-20-18(14-8-5-7-13(2)12-14)15-9-6-10-16(21-3)17(15)19/h6,9-10,13-14,18,20H,4-5,7-8,11-12H2,1-3H3. The minimum absolute atomic E-state index is 0.0998. The summed E-state index contributed by atoms with van der Waals surface area (Å²) in [6, 6.07) is 5.59. The van der Waals surface area contributed by atoms with E-state index in [1.54, 1.807) is 6.07 Å². The molecule has 2 rings (SSSR count). The third-order valence-electron chi connectivity index (χ3n) is 4.61. The zero-order chi connectivity index (χ0) is 15.2. The maximum absolute atomic E-state index is 14.6. The molecule has 3 unspecified atom stereocenters. The normalized spacial score (nSPS) is 23.8. The van der Waals surface area contributed by atoms with Gasteiger partial charge in [-0.2, -0.15) is 0 Å². The minimum atomic E-state index is -0.202. The molecule has 1 aromatic rings. The molecule has 2 nitrogen and oxygen atoms in total. The van der Waals surface area contributed by atoms with Gasteiger partial charge >= 0.3 is 0 Å². The van der Waals surface area contributed by atoms with Gasteiger partial charge in [-0.15, -0.1) is 0 Å². The van der Waals surface area contributed by atoms with E-state index in [-0.39, 0.29) is 11.9 Å². The van der Waals surface area contributed by atoms with E-state index in [1.807, 2.05) is 12.1 Å². The summed E-state index contributed by atoms with van der Waals surface area (Å²) in [7, 11) is 1.53. The fraction of sp³-hybridized carbons (Fsp3) is 0.667. The van der Waals surface area contributed by atoms with Gasteiger partial charge in [-0.3, -0.25) is 0 Å². The molecule has 118 valence electrons. The van der Waals surface area contributed by atoms with Gasteiger partial charge in [-0.25, -0.2) is 4.39 Å². The topological polar surface area (TPSA) is 21.3 Å². The smallest absolute Gasteiger partial charge is 0.169 e. The Balaban J connectivity index is 2.26. The Morgan fingerprint density at radius 2 is 2.19 bits per heavy atom. The summed E-state index contributed by atoms with van der Waals surface area (Å²) in [5.41, 5.74) is 0.766. The molecule has 1 N–H and O–H groups in total. The van der Waals surface area contributed by atoms with Gasteiger partial charge < -0.3 is 10.1 Å². The summed E-state index contributed by atoms with van der Waals surface area (Å²) in [4.78, 5) is 0. The zero-order valence-corrected chi connectivity index (χ0v) is 13.5. The number of methoxy groups -OCH3 is 1. The predicted octanol–water partition coefficient (Wildman–Crippen LogP) is 4.70. The molecule has 0 bridgehead atoms. The van der Waals surface area contributed by atoms with Crippen LogP contribution in [0.5, 0.6) is 5.75 Å². The van der Waals surface area contributed by atoms with Gasteiger partial charge in [0.2, 0.25) is 0 Å². The van der Waals surface area contributed by atoms with Crippen LogP contribution in [0.15, 0.2) is 18.2 Å². The number of hydrogen-bond acceptors (Lipinski definition) is 2. The summed E-state index contributed by atoms with van der Waals surface area (Å²) in [5.74, 6) is 1.40. The monoisotopic (exact) mass is 293 g/mol. The summed E-state index contributed by atoms with van der Waals surface area (Å²) < 4.78 is 19.8. The second kappa shape index (κ2) is 7.79. The molecule has 0 radical (unpaired) electrons. The van der Waals surface area contributed by atoms with E-state index >= 15 is 0 Å². The van der Waals surface area contributed by atoms with Crippen LogP contribution in [-0.2, 0) is 0 Å². The molecular formula is C18H28FNO. The van der Waals surface area contributed by atoms with Crippen molar-refractivity contribution in [3.8, 4) is 5.75 Å². The van der Waals surface area contributed by atoms with Gasteiger partial charge in [0.1, 0.15) is 0 Å². The number of benzene rings is 1. The highest BCUT2D eigenvalue weighted by atomic mass is 19.1. The molecule has 0 saturated heterocycles. The van der Waals surface area contributed by atoms with Crippen LogP contribution in [0.4, 0.5) is 4.39 Å². The highest BCUT2D eigenvalue weighted by Gasteiger charge is 2.29. The lowest BCUT2D eigenvalue weighted by Crippen LogP contribution is -2.32. The minimum Gasteiger partial charge on any atom is -0.494 e. The van der Waals surface area contributed by atoms with Crippen molar-refractivity contribution in [3.63, 3.8) is 0 Å². The van der Waals surface area contributed by atoms with Crippen LogP contribution < -0.4 is 10.1 Å². The first-order chi connectivity index (χ1) is 10.2. The lowest BCUT2D eigenvalue weighted by atomic mass is 9.76. The van der Waals surface area contributed by atoms with Crippen LogP contribution in [0.1, 0.15) is 57.6 Å². The summed E-state index contributed by atoms with van der Waals surface area (Å²) in [6.07, 6.45) is 5.98. The van der Waals surface area contributed by atoms with E-state index in [0.29, 0.717) is 11.7 Å². The highest BCUT2D eigenvalue weighted by Crippen LogP contribution is 2.39. The zero-order valence-electron chi connectivity index (χ0n) is 13.5. The van der Waals surface area contributed by atoms with Crippen LogP contribution in [0.2, 0.25) is 0 Å². The van der Waals surface area contributed by atoms with Crippen molar-refractivity contribution in [1.82, 2.24) is 5.32 Å². The van der Waals surface area contributed by atoms with Crippen LogP contribution in [-0.4, -0.2) is 13.7 Å².